The Hall–Kier alpha value is -2.14. The highest BCUT2D eigenvalue weighted by Gasteiger charge is 2.27. The molecule has 0 radical (unpaired) electrons. The van der Waals surface area contributed by atoms with Gasteiger partial charge in [0.05, 0.1) is 10.8 Å². The summed E-state index contributed by atoms with van der Waals surface area (Å²) in [6, 6.07) is 11.9. The first-order chi connectivity index (χ1) is 11.1. The Bertz CT molecular complexity index is 687. The van der Waals surface area contributed by atoms with Gasteiger partial charge in [0.15, 0.2) is 0 Å². The fourth-order valence-corrected chi connectivity index (χ4v) is 3.88. The summed E-state index contributed by atoms with van der Waals surface area (Å²) in [5.74, 6) is -1.04. The molecule has 1 fully saturated rings. The summed E-state index contributed by atoms with van der Waals surface area (Å²) >= 11 is 1.44. The van der Waals surface area contributed by atoms with Crippen molar-refractivity contribution in [3.63, 3.8) is 0 Å². The van der Waals surface area contributed by atoms with Crippen molar-refractivity contribution in [1.29, 1.82) is 0 Å². The summed E-state index contributed by atoms with van der Waals surface area (Å²) in [5, 5.41) is 14.0. The number of carbonyl (C=O) groups excluding carboxylic acids is 1. The molecule has 0 spiro atoms. The maximum atomic E-state index is 12.6. The monoisotopic (exact) mass is 329 g/mol. The summed E-state index contributed by atoms with van der Waals surface area (Å²) in [5.41, 5.74) is 1.99. The molecule has 1 heterocycles. The van der Waals surface area contributed by atoms with Gasteiger partial charge in [0.25, 0.3) is 5.91 Å². The van der Waals surface area contributed by atoms with E-state index in [4.69, 9.17) is 5.11 Å². The van der Waals surface area contributed by atoms with E-state index < -0.39 is 5.97 Å². The molecule has 1 aromatic heterocycles. The molecular weight excluding hydrogens is 310 g/mol. The molecule has 2 aromatic rings. The lowest BCUT2D eigenvalue weighted by atomic mass is 9.86. The van der Waals surface area contributed by atoms with Crippen LogP contribution in [0.5, 0.6) is 0 Å². The minimum absolute atomic E-state index is 0.0578. The van der Waals surface area contributed by atoms with E-state index in [0.29, 0.717) is 12.8 Å². The van der Waals surface area contributed by atoms with Crippen molar-refractivity contribution >= 4 is 23.2 Å². The van der Waals surface area contributed by atoms with Crippen molar-refractivity contribution in [2.45, 2.75) is 31.7 Å². The van der Waals surface area contributed by atoms with Crippen LogP contribution in [0.3, 0.4) is 0 Å². The Kier molecular flexibility index (Phi) is 4.76. The van der Waals surface area contributed by atoms with E-state index in [1.165, 1.54) is 11.3 Å². The Morgan fingerprint density at radius 3 is 2.39 bits per heavy atom. The number of carbonyl (C=O) groups is 2. The van der Waals surface area contributed by atoms with E-state index in [9.17, 15) is 9.59 Å². The molecule has 1 saturated carbocycles. The summed E-state index contributed by atoms with van der Waals surface area (Å²) in [4.78, 5) is 24.3. The van der Waals surface area contributed by atoms with Crippen molar-refractivity contribution in [1.82, 2.24) is 5.32 Å². The molecule has 0 aliphatic heterocycles. The van der Waals surface area contributed by atoms with Gasteiger partial charge in [-0.25, -0.2) is 0 Å². The van der Waals surface area contributed by atoms with Gasteiger partial charge in [-0.05, 0) is 42.7 Å². The molecular formula is C18H19NO3S. The average molecular weight is 329 g/mol. The molecule has 0 atom stereocenters. The lowest BCUT2D eigenvalue weighted by Gasteiger charge is -2.26. The highest BCUT2D eigenvalue weighted by molar-refractivity contribution is 7.12. The van der Waals surface area contributed by atoms with Crippen LogP contribution in [-0.4, -0.2) is 23.0 Å². The van der Waals surface area contributed by atoms with Gasteiger partial charge in [-0.15, -0.1) is 11.3 Å². The standard InChI is InChI=1S/C18H19NO3S/c20-17(19-14-8-6-13(7-9-14)18(21)22)16-15(10-11-23-16)12-4-2-1-3-5-12/h1-5,10-11,13-14H,6-9H2,(H,19,20)(H,21,22). The summed E-state index contributed by atoms with van der Waals surface area (Å²) in [7, 11) is 0. The molecule has 2 N–H and O–H groups in total. The van der Waals surface area contributed by atoms with Crippen molar-refractivity contribution in [3.8, 4) is 11.1 Å². The number of thiophene rings is 1. The molecule has 0 unspecified atom stereocenters. The second-order valence-electron chi connectivity index (χ2n) is 5.89. The van der Waals surface area contributed by atoms with Crippen molar-refractivity contribution in [2.24, 2.45) is 5.92 Å². The normalized spacial score (nSPS) is 20.9. The fourth-order valence-electron chi connectivity index (χ4n) is 3.07. The van der Waals surface area contributed by atoms with Gasteiger partial charge in [-0.3, -0.25) is 9.59 Å². The third kappa shape index (κ3) is 3.62. The van der Waals surface area contributed by atoms with Crippen LogP contribution in [0.2, 0.25) is 0 Å². The Morgan fingerprint density at radius 1 is 1.04 bits per heavy atom. The minimum Gasteiger partial charge on any atom is -0.481 e. The van der Waals surface area contributed by atoms with Gasteiger partial charge in [-0.2, -0.15) is 0 Å². The Morgan fingerprint density at radius 2 is 1.74 bits per heavy atom. The van der Waals surface area contributed by atoms with Crippen LogP contribution in [0.1, 0.15) is 35.4 Å². The second kappa shape index (κ2) is 6.96. The Labute approximate surface area is 139 Å². The number of hydrogen-bond acceptors (Lipinski definition) is 3. The molecule has 3 rings (SSSR count). The van der Waals surface area contributed by atoms with E-state index in [-0.39, 0.29) is 17.9 Å². The summed E-state index contributed by atoms with van der Waals surface area (Å²) in [6.45, 7) is 0. The highest BCUT2D eigenvalue weighted by Crippen LogP contribution is 2.29. The number of rotatable bonds is 4. The smallest absolute Gasteiger partial charge is 0.306 e. The minimum atomic E-state index is -0.723. The zero-order valence-corrected chi connectivity index (χ0v) is 13.5. The molecule has 1 aliphatic rings. The van der Waals surface area contributed by atoms with E-state index in [1.807, 2.05) is 41.8 Å². The van der Waals surface area contributed by atoms with E-state index in [1.54, 1.807) is 0 Å². The van der Waals surface area contributed by atoms with Gasteiger partial charge in [0.1, 0.15) is 0 Å². The van der Waals surface area contributed by atoms with Crippen LogP contribution >= 0.6 is 11.3 Å². The maximum Gasteiger partial charge on any atom is 0.306 e. The molecule has 1 aliphatic carbocycles. The van der Waals surface area contributed by atoms with Crippen LogP contribution in [0.25, 0.3) is 11.1 Å². The molecule has 120 valence electrons. The third-order valence-corrected chi connectivity index (χ3v) is 5.28. The lowest BCUT2D eigenvalue weighted by molar-refractivity contribution is -0.142. The number of hydrogen-bond donors (Lipinski definition) is 2. The maximum absolute atomic E-state index is 12.6. The number of amides is 1. The SMILES string of the molecule is O=C(NC1CCC(C(=O)O)CC1)c1sccc1-c1ccccc1. The number of benzene rings is 1. The summed E-state index contributed by atoms with van der Waals surface area (Å²) in [6.07, 6.45) is 2.73. The predicted octanol–water partition coefficient (Wildman–Crippen LogP) is 3.79. The van der Waals surface area contributed by atoms with Crippen molar-refractivity contribution in [2.75, 3.05) is 0 Å². The van der Waals surface area contributed by atoms with Crippen LogP contribution in [0.15, 0.2) is 41.8 Å². The first kappa shape index (κ1) is 15.7. The number of nitrogens with one attached hydrogen (secondary N) is 1. The fraction of sp³-hybridized carbons (Fsp3) is 0.333. The van der Waals surface area contributed by atoms with Crippen molar-refractivity contribution in [3.05, 3.63) is 46.7 Å². The molecule has 5 heteroatoms. The van der Waals surface area contributed by atoms with Crippen molar-refractivity contribution < 1.29 is 14.7 Å². The average Bonchev–Trinajstić information content (AvgIpc) is 3.06. The molecule has 1 amide bonds. The number of aliphatic carboxylic acids is 1. The Balaban J connectivity index is 1.66. The third-order valence-electron chi connectivity index (χ3n) is 4.37. The quantitative estimate of drug-likeness (QED) is 0.897. The topological polar surface area (TPSA) is 66.4 Å². The molecule has 0 saturated heterocycles. The zero-order valence-electron chi connectivity index (χ0n) is 12.7. The zero-order chi connectivity index (χ0) is 16.2. The first-order valence-electron chi connectivity index (χ1n) is 7.81. The number of carboxylic acid groups (broad SMARTS) is 1. The van der Waals surface area contributed by atoms with Gasteiger partial charge in [-0.1, -0.05) is 30.3 Å². The van der Waals surface area contributed by atoms with Gasteiger partial charge in [0, 0.05) is 11.6 Å². The van der Waals surface area contributed by atoms with Crippen LogP contribution in [0.4, 0.5) is 0 Å². The van der Waals surface area contributed by atoms with E-state index >= 15 is 0 Å². The molecule has 0 bridgehead atoms. The van der Waals surface area contributed by atoms with E-state index in [2.05, 4.69) is 5.32 Å². The van der Waals surface area contributed by atoms with Crippen LogP contribution in [0, 0.1) is 5.92 Å². The van der Waals surface area contributed by atoms with Gasteiger partial charge >= 0.3 is 5.97 Å². The van der Waals surface area contributed by atoms with Gasteiger partial charge in [0.2, 0.25) is 0 Å². The molecule has 4 nitrogen and oxygen atoms in total. The second-order valence-corrected chi connectivity index (χ2v) is 6.81. The molecule has 1 aromatic carbocycles. The lowest BCUT2D eigenvalue weighted by Crippen LogP contribution is -2.38. The largest absolute Gasteiger partial charge is 0.481 e. The predicted molar refractivity (Wildman–Crippen MR) is 90.6 cm³/mol. The van der Waals surface area contributed by atoms with Crippen LogP contribution in [-0.2, 0) is 4.79 Å². The van der Waals surface area contributed by atoms with Gasteiger partial charge < -0.3 is 10.4 Å². The van der Waals surface area contributed by atoms with Crippen LogP contribution < -0.4 is 5.32 Å². The summed E-state index contributed by atoms with van der Waals surface area (Å²) < 4.78 is 0. The highest BCUT2D eigenvalue weighted by atomic mass is 32.1. The molecule has 23 heavy (non-hydrogen) atoms. The number of carboxylic acids is 1. The van der Waals surface area contributed by atoms with E-state index in [0.717, 1.165) is 28.8 Å². The first-order valence-corrected chi connectivity index (χ1v) is 8.69.